The molecular formula is C17H29N3. The van der Waals surface area contributed by atoms with E-state index in [1.807, 2.05) is 6.20 Å². The number of piperidine rings is 1. The predicted molar refractivity (Wildman–Crippen MR) is 86.1 cm³/mol. The van der Waals surface area contributed by atoms with Crippen LogP contribution in [0.25, 0.3) is 0 Å². The number of rotatable bonds is 4. The molecule has 1 aromatic heterocycles. The highest BCUT2D eigenvalue weighted by molar-refractivity contribution is 5.54. The average Bonchev–Trinajstić information content (AvgIpc) is 2.36. The number of hydrogen-bond donors (Lipinski definition) is 1. The van der Waals surface area contributed by atoms with E-state index in [-0.39, 0.29) is 0 Å². The van der Waals surface area contributed by atoms with Gasteiger partial charge < -0.3 is 10.2 Å². The van der Waals surface area contributed by atoms with E-state index >= 15 is 0 Å². The summed E-state index contributed by atoms with van der Waals surface area (Å²) in [5.41, 5.74) is 3.81. The third-order valence-corrected chi connectivity index (χ3v) is 4.01. The summed E-state index contributed by atoms with van der Waals surface area (Å²) in [7, 11) is 0. The first-order valence-corrected chi connectivity index (χ1v) is 7.89. The van der Waals surface area contributed by atoms with Crippen LogP contribution in [0.15, 0.2) is 12.3 Å². The lowest BCUT2D eigenvalue weighted by Gasteiger charge is -2.37. The molecule has 1 saturated heterocycles. The summed E-state index contributed by atoms with van der Waals surface area (Å²) < 4.78 is 0. The van der Waals surface area contributed by atoms with E-state index in [1.165, 1.54) is 30.8 Å². The van der Waals surface area contributed by atoms with Gasteiger partial charge in [-0.1, -0.05) is 27.7 Å². The number of hydrogen-bond acceptors (Lipinski definition) is 3. The molecule has 0 radical (unpaired) electrons. The minimum absolute atomic E-state index is 0.503. The molecule has 20 heavy (non-hydrogen) atoms. The Morgan fingerprint density at radius 2 is 1.95 bits per heavy atom. The Hall–Kier alpha value is -1.09. The van der Waals surface area contributed by atoms with E-state index in [0.29, 0.717) is 6.04 Å². The average molecular weight is 275 g/mol. The van der Waals surface area contributed by atoms with Gasteiger partial charge in [-0.2, -0.15) is 0 Å². The molecule has 2 unspecified atom stereocenters. The number of anilines is 1. The molecule has 2 heterocycles. The molecule has 3 nitrogen and oxygen atoms in total. The quantitative estimate of drug-likeness (QED) is 0.913. The Balaban J connectivity index is 2.21. The zero-order valence-electron chi connectivity index (χ0n) is 13.6. The fraction of sp³-hybridized carbons (Fsp3) is 0.706. The number of nitrogens with zero attached hydrogens (tertiary/aromatic N) is 2. The third-order valence-electron chi connectivity index (χ3n) is 4.01. The Morgan fingerprint density at radius 3 is 2.55 bits per heavy atom. The maximum absolute atomic E-state index is 4.48. The van der Waals surface area contributed by atoms with Gasteiger partial charge >= 0.3 is 0 Å². The van der Waals surface area contributed by atoms with Crippen LogP contribution >= 0.6 is 0 Å². The van der Waals surface area contributed by atoms with E-state index in [4.69, 9.17) is 0 Å². The van der Waals surface area contributed by atoms with Crippen molar-refractivity contribution in [3.63, 3.8) is 0 Å². The molecule has 1 N–H and O–H groups in total. The molecule has 1 aromatic rings. The predicted octanol–water partition coefficient (Wildman–Crippen LogP) is 3.37. The van der Waals surface area contributed by atoms with Crippen molar-refractivity contribution in [1.29, 1.82) is 0 Å². The fourth-order valence-electron chi connectivity index (χ4n) is 3.18. The van der Waals surface area contributed by atoms with E-state index in [9.17, 15) is 0 Å². The molecule has 0 bridgehead atoms. The van der Waals surface area contributed by atoms with Crippen molar-refractivity contribution in [2.24, 2.45) is 11.8 Å². The Morgan fingerprint density at radius 1 is 1.30 bits per heavy atom. The van der Waals surface area contributed by atoms with Crippen molar-refractivity contribution in [1.82, 2.24) is 10.3 Å². The molecule has 0 amide bonds. The first-order valence-electron chi connectivity index (χ1n) is 7.89. The van der Waals surface area contributed by atoms with Gasteiger partial charge in [0.15, 0.2) is 0 Å². The monoisotopic (exact) mass is 275 g/mol. The summed E-state index contributed by atoms with van der Waals surface area (Å²) in [6.45, 7) is 14.4. The summed E-state index contributed by atoms with van der Waals surface area (Å²) in [6, 6.07) is 2.76. The summed E-state index contributed by atoms with van der Waals surface area (Å²) >= 11 is 0. The first kappa shape index (κ1) is 15.3. The van der Waals surface area contributed by atoms with E-state index in [0.717, 1.165) is 24.1 Å². The van der Waals surface area contributed by atoms with Crippen molar-refractivity contribution >= 4 is 5.69 Å². The van der Waals surface area contributed by atoms with Crippen LogP contribution in [0.2, 0.25) is 0 Å². The lowest BCUT2D eigenvalue weighted by Crippen LogP contribution is -2.39. The smallest absolute Gasteiger partial charge is 0.0445 e. The lowest BCUT2D eigenvalue weighted by molar-refractivity contribution is 0.356. The Kier molecular flexibility index (Phi) is 5.03. The minimum atomic E-state index is 0.503. The van der Waals surface area contributed by atoms with E-state index in [1.54, 1.807) is 0 Å². The molecule has 0 spiro atoms. The summed E-state index contributed by atoms with van der Waals surface area (Å²) in [6.07, 6.45) is 3.39. The fourth-order valence-corrected chi connectivity index (χ4v) is 3.18. The Labute approximate surface area is 123 Å². The second kappa shape index (κ2) is 6.57. The zero-order valence-corrected chi connectivity index (χ0v) is 13.6. The third kappa shape index (κ3) is 3.95. The molecule has 1 aliphatic heterocycles. The van der Waals surface area contributed by atoms with Crippen molar-refractivity contribution in [3.8, 4) is 0 Å². The SMILES string of the molecule is Cc1cc(N2CC(C)CC(C)C2)c(CNC(C)C)cn1. The molecule has 3 heteroatoms. The van der Waals surface area contributed by atoms with Gasteiger partial charge in [0.2, 0.25) is 0 Å². The van der Waals surface area contributed by atoms with Crippen molar-refractivity contribution < 1.29 is 0 Å². The van der Waals surface area contributed by atoms with Crippen LogP contribution < -0.4 is 10.2 Å². The Bertz CT molecular complexity index is 432. The van der Waals surface area contributed by atoms with Gasteiger partial charge in [-0.15, -0.1) is 0 Å². The zero-order chi connectivity index (χ0) is 14.7. The molecule has 0 aliphatic carbocycles. The normalized spacial score (nSPS) is 23.4. The van der Waals surface area contributed by atoms with Crippen LogP contribution in [-0.2, 0) is 6.54 Å². The highest BCUT2D eigenvalue weighted by Gasteiger charge is 2.23. The first-order chi connectivity index (χ1) is 9.45. The minimum Gasteiger partial charge on any atom is -0.371 e. The van der Waals surface area contributed by atoms with Crippen LogP contribution in [-0.4, -0.2) is 24.1 Å². The highest BCUT2D eigenvalue weighted by atomic mass is 15.1. The van der Waals surface area contributed by atoms with Crippen LogP contribution in [0.5, 0.6) is 0 Å². The topological polar surface area (TPSA) is 28.2 Å². The van der Waals surface area contributed by atoms with Crippen LogP contribution in [0.1, 0.15) is 45.4 Å². The van der Waals surface area contributed by atoms with Crippen molar-refractivity contribution in [2.45, 2.75) is 53.6 Å². The lowest BCUT2D eigenvalue weighted by atomic mass is 9.91. The molecule has 1 aliphatic rings. The maximum atomic E-state index is 4.48. The van der Waals surface area contributed by atoms with Gasteiger partial charge in [0, 0.05) is 48.8 Å². The molecule has 0 saturated carbocycles. The van der Waals surface area contributed by atoms with Gasteiger partial charge in [-0.25, -0.2) is 0 Å². The van der Waals surface area contributed by atoms with Crippen LogP contribution in [0, 0.1) is 18.8 Å². The second-order valence-corrected chi connectivity index (χ2v) is 6.84. The van der Waals surface area contributed by atoms with Crippen LogP contribution in [0.4, 0.5) is 5.69 Å². The van der Waals surface area contributed by atoms with Gasteiger partial charge in [0.25, 0.3) is 0 Å². The summed E-state index contributed by atoms with van der Waals surface area (Å²) in [5, 5.41) is 3.52. The highest BCUT2D eigenvalue weighted by Crippen LogP contribution is 2.29. The van der Waals surface area contributed by atoms with E-state index in [2.05, 4.69) is 55.9 Å². The van der Waals surface area contributed by atoms with Crippen LogP contribution in [0.3, 0.4) is 0 Å². The molecule has 0 aromatic carbocycles. The molecule has 2 rings (SSSR count). The van der Waals surface area contributed by atoms with Gasteiger partial charge in [0.05, 0.1) is 0 Å². The summed E-state index contributed by atoms with van der Waals surface area (Å²) in [5.74, 6) is 1.55. The largest absolute Gasteiger partial charge is 0.371 e. The number of aryl methyl sites for hydroxylation is 1. The van der Waals surface area contributed by atoms with Gasteiger partial charge in [-0.3, -0.25) is 4.98 Å². The van der Waals surface area contributed by atoms with Crippen molar-refractivity contribution in [3.05, 3.63) is 23.5 Å². The van der Waals surface area contributed by atoms with Gasteiger partial charge in [0.1, 0.15) is 0 Å². The molecule has 2 atom stereocenters. The molecule has 1 fully saturated rings. The maximum Gasteiger partial charge on any atom is 0.0445 e. The second-order valence-electron chi connectivity index (χ2n) is 6.84. The summed E-state index contributed by atoms with van der Waals surface area (Å²) in [4.78, 5) is 7.04. The molecule has 112 valence electrons. The number of nitrogens with one attached hydrogen (secondary N) is 1. The van der Waals surface area contributed by atoms with Crippen molar-refractivity contribution in [2.75, 3.05) is 18.0 Å². The van der Waals surface area contributed by atoms with E-state index < -0.39 is 0 Å². The molecular weight excluding hydrogens is 246 g/mol. The van der Waals surface area contributed by atoms with Gasteiger partial charge in [-0.05, 0) is 31.2 Å². The number of aromatic nitrogens is 1. The standard InChI is InChI=1S/C17H29N3/c1-12(2)18-8-16-9-19-15(5)7-17(16)20-10-13(3)6-14(4)11-20/h7,9,12-14,18H,6,8,10-11H2,1-5H3. The number of pyridine rings is 1.